The number of carbonyl (C=O) groups excluding carboxylic acids is 1. The molecule has 5 nitrogen and oxygen atoms in total. The zero-order chi connectivity index (χ0) is 16.9. The third kappa shape index (κ3) is 4.28. The van der Waals surface area contributed by atoms with Crippen LogP contribution in [0.2, 0.25) is 0 Å². The summed E-state index contributed by atoms with van der Waals surface area (Å²) in [5.41, 5.74) is 0. The van der Waals surface area contributed by atoms with Crippen LogP contribution in [0.25, 0.3) is 6.08 Å². The molecule has 2 atom stereocenters. The van der Waals surface area contributed by atoms with Gasteiger partial charge < -0.3 is 14.2 Å². The highest BCUT2D eigenvalue weighted by Gasteiger charge is 2.38. The van der Waals surface area contributed by atoms with Crippen LogP contribution < -0.4 is 0 Å². The van der Waals surface area contributed by atoms with E-state index < -0.39 is 0 Å². The minimum absolute atomic E-state index is 0.351. The molecule has 5 heteroatoms. The van der Waals surface area contributed by atoms with E-state index in [4.69, 9.17) is 4.42 Å². The van der Waals surface area contributed by atoms with Gasteiger partial charge in [-0.2, -0.15) is 0 Å². The third-order valence-corrected chi connectivity index (χ3v) is 5.20. The van der Waals surface area contributed by atoms with Crippen LogP contribution >= 0.6 is 0 Å². The fourth-order valence-corrected chi connectivity index (χ4v) is 3.89. The van der Waals surface area contributed by atoms with Crippen molar-refractivity contribution in [2.24, 2.45) is 5.92 Å². The molecular weight excluding hydrogens is 302 g/mol. The van der Waals surface area contributed by atoms with E-state index in [0.29, 0.717) is 24.3 Å². The maximum Gasteiger partial charge on any atom is 0.222 e. The van der Waals surface area contributed by atoms with Gasteiger partial charge in [0.25, 0.3) is 0 Å². The smallest absolute Gasteiger partial charge is 0.222 e. The van der Waals surface area contributed by atoms with Crippen molar-refractivity contribution in [2.75, 3.05) is 46.8 Å². The number of carbonyl (C=O) groups is 1. The van der Waals surface area contributed by atoms with E-state index in [1.165, 1.54) is 0 Å². The summed E-state index contributed by atoms with van der Waals surface area (Å²) >= 11 is 0. The molecule has 0 radical (unpaired) electrons. The number of furan rings is 1. The lowest BCUT2D eigenvalue weighted by Crippen LogP contribution is -2.57. The molecule has 1 aromatic heterocycles. The standard InChI is InChI=1S/C19H29N3O2/c1-20(2)12-13-22-18-9-11-21(15-16(18)7-8-19(22)23)10-3-5-17-6-4-14-24-17/h3-6,14,16,18H,7-13,15H2,1-2H3/b5-3+/t16-,18+/m0/s1. The van der Waals surface area contributed by atoms with Gasteiger partial charge >= 0.3 is 0 Å². The molecule has 0 spiro atoms. The predicted molar refractivity (Wildman–Crippen MR) is 95.6 cm³/mol. The lowest BCUT2D eigenvalue weighted by Gasteiger charge is -2.47. The Morgan fingerprint density at radius 3 is 3.00 bits per heavy atom. The summed E-state index contributed by atoms with van der Waals surface area (Å²) in [5.74, 6) is 1.88. The molecule has 0 aromatic carbocycles. The minimum atomic E-state index is 0.351. The van der Waals surface area contributed by atoms with E-state index in [1.807, 2.05) is 18.2 Å². The Bertz CT molecular complexity index is 553. The first-order chi connectivity index (χ1) is 11.6. The number of piperidine rings is 2. The van der Waals surface area contributed by atoms with Gasteiger partial charge in [0.15, 0.2) is 0 Å². The summed E-state index contributed by atoms with van der Waals surface area (Å²) in [6, 6.07) is 4.32. The van der Waals surface area contributed by atoms with Crippen molar-refractivity contribution >= 4 is 12.0 Å². The van der Waals surface area contributed by atoms with Crippen molar-refractivity contribution in [3.05, 3.63) is 30.2 Å². The first kappa shape index (κ1) is 17.2. The summed E-state index contributed by atoms with van der Waals surface area (Å²) in [6.45, 7) is 4.93. The summed E-state index contributed by atoms with van der Waals surface area (Å²) < 4.78 is 5.33. The van der Waals surface area contributed by atoms with E-state index in [1.54, 1.807) is 6.26 Å². The fourth-order valence-electron chi connectivity index (χ4n) is 3.89. The molecule has 2 fully saturated rings. The Morgan fingerprint density at radius 2 is 2.25 bits per heavy atom. The zero-order valence-corrected chi connectivity index (χ0v) is 14.9. The van der Waals surface area contributed by atoms with Crippen LogP contribution in [0.15, 0.2) is 28.9 Å². The van der Waals surface area contributed by atoms with Gasteiger partial charge in [-0.1, -0.05) is 6.08 Å². The topological polar surface area (TPSA) is 39.9 Å². The highest BCUT2D eigenvalue weighted by molar-refractivity contribution is 5.77. The Morgan fingerprint density at radius 1 is 1.38 bits per heavy atom. The summed E-state index contributed by atoms with van der Waals surface area (Å²) in [5, 5.41) is 0. The molecule has 24 heavy (non-hydrogen) atoms. The van der Waals surface area contributed by atoms with Crippen LogP contribution in [0.4, 0.5) is 0 Å². The van der Waals surface area contributed by atoms with Crippen LogP contribution in [0.5, 0.6) is 0 Å². The molecule has 0 aliphatic carbocycles. The minimum Gasteiger partial charge on any atom is -0.465 e. The molecule has 2 saturated heterocycles. The van der Waals surface area contributed by atoms with Crippen molar-refractivity contribution < 1.29 is 9.21 Å². The van der Waals surface area contributed by atoms with Gasteiger partial charge in [-0.05, 0) is 51.1 Å². The Kier molecular flexibility index (Phi) is 5.74. The molecule has 3 rings (SSSR count). The number of amides is 1. The number of likely N-dealkylation sites (N-methyl/N-ethyl adjacent to an activating group) is 1. The lowest BCUT2D eigenvalue weighted by atomic mass is 9.83. The maximum atomic E-state index is 12.3. The van der Waals surface area contributed by atoms with Crippen LogP contribution in [-0.4, -0.2) is 73.5 Å². The highest BCUT2D eigenvalue weighted by Crippen LogP contribution is 2.31. The van der Waals surface area contributed by atoms with Crippen molar-refractivity contribution in [3.8, 4) is 0 Å². The van der Waals surface area contributed by atoms with Gasteiger partial charge in [0.1, 0.15) is 5.76 Å². The van der Waals surface area contributed by atoms with Gasteiger partial charge in [0, 0.05) is 45.2 Å². The normalized spacial score (nSPS) is 25.6. The second kappa shape index (κ2) is 7.99. The van der Waals surface area contributed by atoms with Crippen LogP contribution in [0, 0.1) is 5.92 Å². The van der Waals surface area contributed by atoms with E-state index >= 15 is 0 Å². The molecule has 2 aliphatic heterocycles. The molecule has 0 bridgehead atoms. The first-order valence-electron chi connectivity index (χ1n) is 9.00. The molecule has 1 aromatic rings. The first-order valence-corrected chi connectivity index (χ1v) is 9.00. The Hall–Kier alpha value is -1.59. The zero-order valence-electron chi connectivity index (χ0n) is 14.9. The molecule has 132 valence electrons. The summed E-state index contributed by atoms with van der Waals surface area (Å²) in [7, 11) is 4.14. The van der Waals surface area contributed by atoms with E-state index in [0.717, 1.165) is 51.3 Å². The van der Waals surface area contributed by atoms with Gasteiger partial charge in [0.2, 0.25) is 5.91 Å². The molecule has 3 heterocycles. The van der Waals surface area contributed by atoms with E-state index in [2.05, 4.69) is 34.9 Å². The van der Waals surface area contributed by atoms with Crippen LogP contribution in [0.1, 0.15) is 25.0 Å². The number of fused-ring (bicyclic) bond motifs is 1. The number of hydrogen-bond donors (Lipinski definition) is 0. The molecule has 2 aliphatic rings. The number of rotatable bonds is 6. The monoisotopic (exact) mass is 331 g/mol. The maximum absolute atomic E-state index is 12.3. The van der Waals surface area contributed by atoms with E-state index in [-0.39, 0.29) is 0 Å². The van der Waals surface area contributed by atoms with Crippen molar-refractivity contribution in [1.82, 2.24) is 14.7 Å². The highest BCUT2D eigenvalue weighted by atomic mass is 16.3. The molecule has 0 N–H and O–H groups in total. The average Bonchev–Trinajstić information content (AvgIpc) is 3.07. The molecular formula is C19H29N3O2. The van der Waals surface area contributed by atoms with Gasteiger partial charge in [0.05, 0.1) is 6.26 Å². The summed E-state index contributed by atoms with van der Waals surface area (Å²) in [4.78, 5) is 19.1. The Labute approximate surface area is 144 Å². The van der Waals surface area contributed by atoms with Gasteiger partial charge in [-0.15, -0.1) is 0 Å². The number of nitrogens with zero attached hydrogens (tertiary/aromatic N) is 3. The molecule has 1 amide bonds. The third-order valence-electron chi connectivity index (χ3n) is 5.20. The average molecular weight is 331 g/mol. The quantitative estimate of drug-likeness (QED) is 0.801. The number of hydrogen-bond acceptors (Lipinski definition) is 4. The molecule has 0 saturated carbocycles. The van der Waals surface area contributed by atoms with Gasteiger partial charge in [-0.3, -0.25) is 9.69 Å². The van der Waals surface area contributed by atoms with Crippen molar-refractivity contribution in [2.45, 2.75) is 25.3 Å². The summed E-state index contributed by atoms with van der Waals surface area (Å²) in [6.07, 6.45) is 8.77. The largest absolute Gasteiger partial charge is 0.465 e. The predicted octanol–water partition coefficient (Wildman–Crippen LogP) is 2.17. The molecule has 0 unspecified atom stereocenters. The van der Waals surface area contributed by atoms with Gasteiger partial charge in [-0.25, -0.2) is 0 Å². The lowest BCUT2D eigenvalue weighted by molar-refractivity contribution is -0.141. The second-order valence-electron chi connectivity index (χ2n) is 7.22. The SMILES string of the molecule is CN(C)CCN1C(=O)CC[C@H]2CN(C/C=C/c3ccco3)CC[C@H]21. The van der Waals surface area contributed by atoms with Crippen molar-refractivity contribution in [1.29, 1.82) is 0 Å². The Balaban J connectivity index is 1.53. The van der Waals surface area contributed by atoms with Crippen LogP contribution in [0.3, 0.4) is 0 Å². The van der Waals surface area contributed by atoms with E-state index in [9.17, 15) is 4.79 Å². The fraction of sp³-hybridized carbons (Fsp3) is 0.632. The second-order valence-corrected chi connectivity index (χ2v) is 7.22. The number of likely N-dealkylation sites (tertiary alicyclic amines) is 2. The van der Waals surface area contributed by atoms with Crippen molar-refractivity contribution in [3.63, 3.8) is 0 Å². The van der Waals surface area contributed by atoms with Crippen LogP contribution in [-0.2, 0) is 4.79 Å².